The van der Waals surface area contributed by atoms with E-state index in [9.17, 15) is 4.79 Å². The topological polar surface area (TPSA) is 82.5 Å². The Balaban J connectivity index is 1.78. The molecule has 4 heterocycles. The van der Waals surface area contributed by atoms with E-state index in [0.717, 1.165) is 5.76 Å². The summed E-state index contributed by atoms with van der Waals surface area (Å²) in [5.74, 6) is 2.74. The van der Waals surface area contributed by atoms with Crippen LogP contribution >= 0.6 is 0 Å². The second-order valence-corrected chi connectivity index (χ2v) is 5.79. The normalized spacial score (nSPS) is 15.0. The molecule has 3 aromatic rings. The molecule has 0 aliphatic carbocycles. The molecular weight excluding hydrogens is 296 g/mol. The van der Waals surface area contributed by atoms with Crippen LogP contribution in [0.5, 0.6) is 0 Å². The van der Waals surface area contributed by atoms with Gasteiger partial charge in [0.05, 0.1) is 24.8 Å². The molecule has 1 aliphatic heterocycles. The number of rotatable bonds is 4. The predicted octanol–water partition coefficient (Wildman–Crippen LogP) is 1.76. The van der Waals surface area contributed by atoms with Crippen LogP contribution in [0, 0.1) is 19.8 Å². The van der Waals surface area contributed by atoms with Crippen LogP contribution in [0.1, 0.15) is 17.3 Å². The third-order valence-electron chi connectivity index (χ3n) is 3.89. The molecule has 118 valence electrons. The number of hydrogen-bond donors (Lipinski definition) is 0. The highest BCUT2D eigenvalue weighted by molar-refractivity contribution is 5.84. The lowest BCUT2D eigenvalue weighted by Crippen LogP contribution is -2.35. The van der Waals surface area contributed by atoms with Crippen molar-refractivity contribution >= 4 is 11.4 Å². The minimum atomic E-state index is -0.0121. The van der Waals surface area contributed by atoms with Gasteiger partial charge in [-0.15, -0.1) is 5.10 Å². The molecule has 0 saturated carbocycles. The highest BCUT2D eigenvalue weighted by Gasteiger charge is 2.27. The maximum Gasteiger partial charge on any atom is 0.199 e. The van der Waals surface area contributed by atoms with E-state index in [1.807, 2.05) is 26.0 Å². The molecule has 0 radical (unpaired) electrons. The zero-order valence-electron chi connectivity index (χ0n) is 12.9. The SMILES string of the molecule is Cc1nc2cc(CC(=O)C3COC3)nc(-c3ccc(C)o3)n2n1. The number of ketones is 1. The molecule has 1 saturated heterocycles. The average Bonchev–Trinajstić information content (AvgIpc) is 3.00. The summed E-state index contributed by atoms with van der Waals surface area (Å²) >= 11 is 0. The van der Waals surface area contributed by atoms with Crippen molar-refractivity contribution in [3.8, 4) is 11.6 Å². The third kappa shape index (κ3) is 2.53. The molecule has 0 aromatic carbocycles. The van der Waals surface area contributed by atoms with Crippen molar-refractivity contribution in [1.82, 2.24) is 19.6 Å². The molecule has 0 bridgehead atoms. The number of nitrogens with zero attached hydrogens (tertiary/aromatic N) is 4. The Labute approximate surface area is 132 Å². The summed E-state index contributed by atoms with van der Waals surface area (Å²) in [6, 6.07) is 5.52. The van der Waals surface area contributed by atoms with Gasteiger partial charge in [-0.05, 0) is 26.0 Å². The monoisotopic (exact) mass is 312 g/mol. The summed E-state index contributed by atoms with van der Waals surface area (Å²) in [7, 11) is 0. The first-order chi connectivity index (χ1) is 11.1. The highest BCUT2D eigenvalue weighted by Crippen LogP contribution is 2.22. The highest BCUT2D eigenvalue weighted by atomic mass is 16.5. The van der Waals surface area contributed by atoms with Gasteiger partial charge in [0, 0.05) is 12.5 Å². The van der Waals surface area contributed by atoms with Gasteiger partial charge in [0.15, 0.2) is 17.2 Å². The van der Waals surface area contributed by atoms with Crippen LogP contribution < -0.4 is 0 Å². The van der Waals surface area contributed by atoms with E-state index >= 15 is 0 Å². The molecule has 7 heteroatoms. The zero-order valence-corrected chi connectivity index (χ0v) is 12.9. The molecular formula is C16H16N4O3. The van der Waals surface area contributed by atoms with Crippen molar-refractivity contribution < 1.29 is 13.9 Å². The third-order valence-corrected chi connectivity index (χ3v) is 3.89. The van der Waals surface area contributed by atoms with Gasteiger partial charge in [-0.2, -0.15) is 4.52 Å². The van der Waals surface area contributed by atoms with Crippen LogP contribution in [0.25, 0.3) is 17.2 Å². The minimum Gasteiger partial charge on any atom is -0.458 e. The van der Waals surface area contributed by atoms with Crippen molar-refractivity contribution in [2.24, 2.45) is 5.92 Å². The number of aromatic nitrogens is 4. The number of aryl methyl sites for hydroxylation is 2. The summed E-state index contributed by atoms with van der Waals surface area (Å²) in [5, 5.41) is 4.36. The molecule has 0 N–H and O–H groups in total. The number of hydrogen-bond acceptors (Lipinski definition) is 6. The van der Waals surface area contributed by atoms with Crippen molar-refractivity contribution in [1.29, 1.82) is 0 Å². The summed E-state index contributed by atoms with van der Waals surface area (Å²) in [6.45, 7) is 4.71. The van der Waals surface area contributed by atoms with Gasteiger partial charge in [-0.1, -0.05) is 0 Å². The number of fused-ring (bicyclic) bond motifs is 1. The van der Waals surface area contributed by atoms with Crippen LogP contribution in [-0.2, 0) is 16.0 Å². The lowest BCUT2D eigenvalue weighted by Gasteiger charge is -2.24. The summed E-state index contributed by atoms with van der Waals surface area (Å²) < 4.78 is 12.4. The van der Waals surface area contributed by atoms with E-state index in [-0.39, 0.29) is 18.1 Å². The number of carbonyl (C=O) groups excluding carboxylic acids is 1. The average molecular weight is 312 g/mol. The van der Waals surface area contributed by atoms with Gasteiger partial charge >= 0.3 is 0 Å². The first-order valence-electron chi connectivity index (χ1n) is 7.51. The predicted molar refractivity (Wildman–Crippen MR) is 81.0 cm³/mol. The van der Waals surface area contributed by atoms with E-state index in [2.05, 4.69) is 15.1 Å². The van der Waals surface area contributed by atoms with Crippen LogP contribution in [0.15, 0.2) is 22.6 Å². The molecule has 3 aromatic heterocycles. The molecule has 23 heavy (non-hydrogen) atoms. The van der Waals surface area contributed by atoms with Gasteiger partial charge in [0.25, 0.3) is 0 Å². The number of carbonyl (C=O) groups is 1. The van der Waals surface area contributed by atoms with Crippen LogP contribution in [0.3, 0.4) is 0 Å². The van der Waals surface area contributed by atoms with E-state index in [4.69, 9.17) is 9.15 Å². The van der Waals surface area contributed by atoms with Crippen molar-refractivity contribution in [3.63, 3.8) is 0 Å². The Kier molecular flexibility index (Phi) is 3.23. The Hall–Kier alpha value is -2.54. The molecule has 4 rings (SSSR count). The molecule has 0 atom stereocenters. The number of ether oxygens (including phenoxy) is 1. The van der Waals surface area contributed by atoms with Crippen molar-refractivity contribution in [2.75, 3.05) is 13.2 Å². The molecule has 0 unspecified atom stereocenters. The maximum atomic E-state index is 12.2. The zero-order chi connectivity index (χ0) is 16.0. The van der Waals surface area contributed by atoms with Crippen LogP contribution in [0.4, 0.5) is 0 Å². The fourth-order valence-corrected chi connectivity index (χ4v) is 2.59. The van der Waals surface area contributed by atoms with Gasteiger partial charge in [0.2, 0.25) is 0 Å². The fourth-order valence-electron chi connectivity index (χ4n) is 2.59. The van der Waals surface area contributed by atoms with Gasteiger partial charge in [0.1, 0.15) is 17.4 Å². The number of furan rings is 1. The lowest BCUT2D eigenvalue weighted by atomic mass is 9.99. The molecule has 7 nitrogen and oxygen atoms in total. The first kappa shape index (κ1) is 14.1. The van der Waals surface area contributed by atoms with E-state index < -0.39 is 0 Å². The van der Waals surface area contributed by atoms with E-state index in [1.54, 1.807) is 10.6 Å². The molecule has 0 spiro atoms. The van der Waals surface area contributed by atoms with Gasteiger partial charge in [-0.3, -0.25) is 4.79 Å². The largest absolute Gasteiger partial charge is 0.458 e. The van der Waals surface area contributed by atoms with E-state index in [1.165, 1.54) is 0 Å². The van der Waals surface area contributed by atoms with Crippen LogP contribution in [-0.4, -0.2) is 38.6 Å². The smallest absolute Gasteiger partial charge is 0.199 e. The Morgan fingerprint density at radius 1 is 1.30 bits per heavy atom. The molecule has 1 fully saturated rings. The second kappa shape index (κ2) is 5.27. The summed E-state index contributed by atoms with van der Waals surface area (Å²) in [5.41, 5.74) is 1.33. The first-order valence-corrected chi connectivity index (χ1v) is 7.51. The van der Waals surface area contributed by atoms with Crippen molar-refractivity contribution in [3.05, 3.63) is 35.5 Å². The quantitative estimate of drug-likeness (QED) is 0.730. The minimum absolute atomic E-state index is 0.0121. The second-order valence-electron chi connectivity index (χ2n) is 5.79. The summed E-state index contributed by atoms with van der Waals surface area (Å²) in [4.78, 5) is 21.2. The Morgan fingerprint density at radius 3 is 2.78 bits per heavy atom. The van der Waals surface area contributed by atoms with E-state index in [0.29, 0.717) is 42.0 Å². The van der Waals surface area contributed by atoms with Gasteiger partial charge < -0.3 is 9.15 Å². The number of Topliss-reactive ketones (excluding diaryl/α,β-unsaturated/α-hetero) is 1. The fraction of sp³-hybridized carbons (Fsp3) is 0.375. The standard InChI is InChI=1S/C16H16N4O3/c1-9-3-4-14(23-9)16-18-12(5-13(21)11-7-22-8-11)6-15-17-10(2)19-20(15)16/h3-4,6,11H,5,7-8H2,1-2H3. The molecule has 0 amide bonds. The lowest BCUT2D eigenvalue weighted by molar-refractivity contribution is -0.135. The van der Waals surface area contributed by atoms with Gasteiger partial charge in [-0.25, -0.2) is 9.97 Å². The molecule has 1 aliphatic rings. The van der Waals surface area contributed by atoms with Crippen molar-refractivity contribution in [2.45, 2.75) is 20.3 Å². The Morgan fingerprint density at radius 2 is 2.13 bits per heavy atom. The maximum absolute atomic E-state index is 12.2. The van der Waals surface area contributed by atoms with Crippen LogP contribution in [0.2, 0.25) is 0 Å². The summed E-state index contributed by atoms with van der Waals surface area (Å²) in [6.07, 6.45) is 0.267. The Bertz CT molecular complexity index is 892.